The summed E-state index contributed by atoms with van der Waals surface area (Å²) in [6.45, 7) is 7.61. The van der Waals surface area contributed by atoms with Crippen molar-refractivity contribution in [2.75, 3.05) is 6.61 Å². The Balaban J connectivity index is 1.14. The van der Waals surface area contributed by atoms with Crippen molar-refractivity contribution in [1.29, 1.82) is 0 Å². The Hall–Kier alpha value is -2.93. The number of nitrogens with zero attached hydrogens (tertiary/aromatic N) is 1. The molecule has 0 saturated heterocycles. The Morgan fingerprint density at radius 1 is 1.05 bits per heavy atom. The smallest absolute Gasteiger partial charge is 0.360 e. The first kappa shape index (κ1) is 25.4. The molecule has 1 aliphatic heterocycles. The van der Waals surface area contributed by atoms with E-state index in [1.54, 1.807) is 0 Å². The average molecular weight is 520 g/mol. The molecule has 7 rings (SSSR count). The van der Waals surface area contributed by atoms with Crippen molar-refractivity contribution in [3.63, 3.8) is 0 Å². The van der Waals surface area contributed by atoms with Gasteiger partial charge in [-0.25, -0.2) is 4.79 Å². The number of carbonyl (C=O) groups is 2. The van der Waals surface area contributed by atoms with E-state index >= 15 is 0 Å². The Kier molecular flexibility index (Phi) is 6.06. The van der Waals surface area contributed by atoms with E-state index in [0.717, 1.165) is 60.6 Å². The number of fused-ring (bicyclic) bond motifs is 3. The number of carbonyl (C=O) groups excluding carboxylic acids is 2. The van der Waals surface area contributed by atoms with Crippen molar-refractivity contribution in [2.24, 2.45) is 22.4 Å². The Bertz CT molecular complexity index is 1300. The van der Waals surface area contributed by atoms with E-state index in [2.05, 4.69) is 5.16 Å². The van der Waals surface area contributed by atoms with Crippen LogP contribution in [0.3, 0.4) is 0 Å². The molecule has 4 bridgehead atoms. The number of esters is 1. The molecule has 0 amide bonds. The van der Waals surface area contributed by atoms with Crippen LogP contribution < -0.4 is 4.74 Å². The van der Waals surface area contributed by atoms with Crippen molar-refractivity contribution in [3.05, 3.63) is 42.0 Å². The third kappa shape index (κ3) is 4.39. The summed E-state index contributed by atoms with van der Waals surface area (Å²) in [4.78, 5) is 31.2. The fourth-order valence-corrected chi connectivity index (χ4v) is 7.39. The molecule has 0 spiro atoms. The van der Waals surface area contributed by atoms with E-state index in [1.165, 1.54) is 0 Å². The van der Waals surface area contributed by atoms with Gasteiger partial charge < -0.3 is 19.0 Å². The minimum atomic E-state index is -0.535. The lowest BCUT2D eigenvalue weighted by atomic mass is 9.52. The molecule has 5 aliphatic rings. The Labute approximate surface area is 223 Å². The molecule has 7 heteroatoms. The standard InChI is InChI=1S/C31H37NO6/c1-5-29(3,4)28(34)37-31-15-20-12-21(16-31)14-30(13-20,18-31)35-17-25(33)38-32-27-19(2)36-24-11-10-22-8-6-7-9-23(22)26(24)27/h6-11,19-21H,5,12-18H2,1-4H3. The van der Waals surface area contributed by atoms with Crippen molar-refractivity contribution in [2.45, 2.75) is 89.9 Å². The third-order valence-corrected chi connectivity index (χ3v) is 9.28. The lowest BCUT2D eigenvalue weighted by Gasteiger charge is -2.60. The van der Waals surface area contributed by atoms with E-state index < -0.39 is 22.6 Å². The van der Waals surface area contributed by atoms with Crippen LogP contribution in [0.1, 0.15) is 78.2 Å². The van der Waals surface area contributed by atoms with Gasteiger partial charge in [-0.05, 0) is 88.0 Å². The van der Waals surface area contributed by atoms with Gasteiger partial charge in [-0.3, -0.25) is 4.79 Å². The van der Waals surface area contributed by atoms with Gasteiger partial charge in [-0.2, -0.15) is 0 Å². The first-order valence-corrected chi connectivity index (χ1v) is 13.9. The third-order valence-electron chi connectivity index (χ3n) is 9.28. The quantitative estimate of drug-likeness (QED) is 0.255. The molecule has 2 aromatic rings. The number of ether oxygens (including phenoxy) is 3. The summed E-state index contributed by atoms with van der Waals surface area (Å²) in [5, 5.41) is 6.33. The van der Waals surface area contributed by atoms with Crippen LogP contribution in [0, 0.1) is 17.3 Å². The van der Waals surface area contributed by atoms with Gasteiger partial charge in [-0.15, -0.1) is 0 Å². The van der Waals surface area contributed by atoms with Crippen LogP contribution in [-0.4, -0.2) is 41.6 Å². The molecule has 4 aliphatic carbocycles. The number of hydrogen-bond donors (Lipinski definition) is 0. The maximum absolute atomic E-state index is 13.0. The summed E-state index contributed by atoms with van der Waals surface area (Å²) in [6.07, 6.45) is 5.77. The fourth-order valence-electron chi connectivity index (χ4n) is 7.39. The molecule has 2 aromatic carbocycles. The van der Waals surface area contributed by atoms with Crippen LogP contribution >= 0.6 is 0 Å². The van der Waals surface area contributed by atoms with Gasteiger partial charge in [0.1, 0.15) is 29.8 Å². The second kappa shape index (κ2) is 9.08. The predicted octanol–water partition coefficient (Wildman–Crippen LogP) is 5.96. The van der Waals surface area contributed by atoms with Gasteiger partial charge in [0.25, 0.3) is 0 Å². The summed E-state index contributed by atoms with van der Waals surface area (Å²) >= 11 is 0. The van der Waals surface area contributed by atoms with Gasteiger partial charge in [0.05, 0.1) is 16.6 Å². The monoisotopic (exact) mass is 519 g/mol. The summed E-state index contributed by atoms with van der Waals surface area (Å²) in [7, 11) is 0. The van der Waals surface area contributed by atoms with Crippen LogP contribution in [0.5, 0.6) is 5.75 Å². The summed E-state index contributed by atoms with van der Waals surface area (Å²) < 4.78 is 18.6. The molecule has 38 heavy (non-hydrogen) atoms. The molecule has 4 fully saturated rings. The highest BCUT2D eigenvalue weighted by Gasteiger charge is 2.61. The highest BCUT2D eigenvalue weighted by Crippen LogP contribution is 2.60. The normalized spacial score (nSPS) is 32.3. The molecule has 202 valence electrons. The molecule has 1 heterocycles. The van der Waals surface area contributed by atoms with E-state index in [4.69, 9.17) is 19.0 Å². The molecule has 4 saturated carbocycles. The first-order chi connectivity index (χ1) is 18.1. The fraction of sp³-hybridized carbons (Fsp3) is 0.581. The number of oxime groups is 1. The van der Waals surface area contributed by atoms with Crippen LogP contribution in [0.15, 0.2) is 41.6 Å². The second-order valence-corrected chi connectivity index (χ2v) is 12.6. The van der Waals surface area contributed by atoms with E-state index in [1.807, 2.05) is 64.1 Å². The molecule has 3 unspecified atom stereocenters. The maximum Gasteiger partial charge on any atom is 0.360 e. The molecular weight excluding hydrogens is 482 g/mol. The topological polar surface area (TPSA) is 83.4 Å². The van der Waals surface area contributed by atoms with Crippen LogP contribution in [0.25, 0.3) is 10.8 Å². The molecule has 7 nitrogen and oxygen atoms in total. The zero-order valence-corrected chi connectivity index (χ0v) is 22.7. The van der Waals surface area contributed by atoms with Crippen molar-refractivity contribution in [3.8, 4) is 5.75 Å². The molecular formula is C31H37NO6. The first-order valence-electron chi connectivity index (χ1n) is 13.9. The minimum absolute atomic E-state index is 0.131. The Morgan fingerprint density at radius 3 is 2.50 bits per heavy atom. The van der Waals surface area contributed by atoms with Crippen LogP contribution in [0.2, 0.25) is 0 Å². The summed E-state index contributed by atoms with van der Waals surface area (Å²) in [5.74, 6) is 0.972. The lowest BCUT2D eigenvalue weighted by molar-refractivity contribution is -0.239. The Morgan fingerprint density at radius 2 is 1.76 bits per heavy atom. The molecule has 0 radical (unpaired) electrons. The lowest BCUT2D eigenvalue weighted by Crippen LogP contribution is -2.62. The largest absolute Gasteiger partial charge is 0.484 e. The maximum atomic E-state index is 13.0. The number of hydrogen-bond acceptors (Lipinski definition) is 7. The van der Waals surface area contributed by atoms with Gasteiger partial charge in [0.15, 0.2) is 0 Å². The molecule has 0 aromatic heterocycles. The highest BCUT2D eigenvalue weighted by atomic mass is 16.7. The number of rotatable bonds is 7. The van der Waals surface area contributed by atoms with Gasteiger partial charge in [-0.1, -0.05) is 42.4 Å². The van der Waals surface area contributed by atoms with Crippen molar-refractivity contribution in [1.82, 2.24) is 0 Å². The summed E-state index contributed by atoms with van der Waals surface area (Å²) in [5.41, 5.74) is 0.0118. The van der Waals surface area contributed by atoms with Crippen LogP contribution in [-0.2, 0) is 23.9 Å². The second-order valence-electron chi connectivity index (χ2n) is 12.6. The average Bonchev–Trinajstić information content (AvgIpc) is 3.20. The zero-order chi connectivity index (χ0) is 26.7. The van der Waals surface area contributed by atoms with Gasteiger partial charge in [0.2, 0.25) is 0 Å². The van der Waals surface area contributed by atoms with E-state index in [-0.39, 0.29) is 18.7 Å². The van der Waals surface area contributed by atoms with Crippen molar-refractivity contribution >= 4 is 28.4 Å². The predicted molar refractivity (Wildman–Crippen MR) is 143 cm³/mol. The SMILES string of the molecule is CCC(C)(C)C(=O)OC12CC3CC(CC(OCC(=O)ON=C4c5c(ccc6ccccc56)OC4C)(C3)C1)C2. The number of benzene rings is 2. The van der Waals surface area contributed by atoms with E-state index in [0.29, 0.717) is 24.0 Å². The molecule has 3 atom stereocenters. The van der Waals surface area contributed by atoms with E-state index in [9.17, 15) is 9.59 Å². The highest BCUT2D eigenvalue weighted by molar-refractivity contribution is 6.16. The minimum Gasteiger partial charge on any atom is -0.484 e. The van der Waals surface area contributed by atoms with Crippen LogP contribution in [0.4, 0.5) is 0 Å². The van der Waals surface area contributed by atoms with Gasteiger partial charge >= 0.3 is 11.9 Å². The summed E-state index contributed by atoms with van der Waals surface area (Å²) in [6, 6.07) is 12.0. The molecule has 0 N–H and O–H groups in total. The van der Waals surface area contributed by atoms with Gasteiger partial charge in [0, 0.05) is 6.42 Å². The van der Waals surface area contributed by atoms with Crippen molar-refractivity contribution < 1.29 is 28.6 Å². The zero-order valence-electron chi connectivity index (χ0n) is 22.7.